The molecule has 0 radical (unpaired) electrons. The Hall–Kier alpha value is -1.61. The molecule has 0 fully saturated rings. The Bertz CT molecular complexity index is 1020. The SMILES string of the molecule is O=c1[nH]c(NCCCNC2CCNc3c(Cl)cc(Br)cc32)nc2ccsc12. The van der Waals surface area contributed by atoms with E-state index in [1.807, 2.05) is 17.5 Å². The molecular formula is C18H19BrClN5OS. The number of anilines is 2. The van der Waals surface area contributed by atoms with Crippen molar-refractivity contribution in [2.45, 2.75) is 18.9 Å². The van der Waals surface area contributed by atoms with Gasteiger partial charge in [-0.1, -0.05) is 27.5 Å². The summed E-state index contributed by atoms with van der Waals surface area (Å²) in [4.78, 5) is 19.2. The Morgan fingerprint density at radius 2 is 2.26 bits per heavy atom. The van der Waals surface area contributed by atoms with Gasteiger partial charge >= 0.3 is 0 Å². The van der Waals surface area contributed by atoms with Gasteiger partial charge in [0.15, 0.2) is 0 Å². The Balaban J connectivity index is 1.31. The van der Waals surface area contributed by atoms with Gasteiger partial charge in [-0.2, -0.15) is 0 Å². The molecule has 2 aromatic heterocycles. The van der Waals surface area contributed by atoms with E-state index in [-0.39, 0.29) is 11.6 Å². The maximum atomic E-state index is 12.0. The molecule has 27 heavy (non-hydrogen) atoms. The van der Waals surface area contributed by atoms with Crippen LogP contribution in [-0.4, -0.2) is 29.6 Å². The van der Waals surface area contributed by atoms with E-state index in [9.17, 15) is 4.79 Å². The molecule has 6 nitrogen and oxygen atoms in total. The van der Waals surface area contributed by atoms with Crippen LogP contribution in [0.25, 0.3) is 10.2 Å². The van der Waals surface area contributed by atoms with Crippen LogP contribution in [0.2, 0.25) is 5.02 Å². The van der Waals surface area contributed by atoms with Gasteiger partial charge in [0.2, 0.25) is 5.95 Å². The van der Waals surface area contributed by atoms with E-state index >= 15 is 0 Å². The van der Waals surface area contributed by atoms with Crippen molar-refractivity contribution in [1.82, 2.24) is 15.3 Å². The number of hydrogen-bond acceptors (Lipinski definition) is 6. The lowest BCUT2D eigenvalue weighted by molar-refractivity contribution is 0.497. The van der Waals surface area contributed by atoms with Gasteiger partial charge in [0.25, 0.3) is 5.56 Å². The van der Waals surface area contributed by atoms with E-state index in [1.165, 1.54) is 16.9 Å². The van der Waals surface area contributed by atoms with Gasteiger partial charge in [-0.3, -0.25) is 9.78 Å². The number of H-pyrrole nitrogens is 1. The van der Waals surface area contributed by atoms with Crippen molar-refractivity contribution in [3.05, 3.63) is 49.0 Å². The Morgan fingerprint density at radius 3 is 3.15 bits per heavy atom. The largest absolute Gasteiger partial charge is 0.383 e. The molecule has 3 aromatic rings. The normalized spacial score (nSPS) is 16.1. The summed E-state index contributed by atoms with van der Waals surface area (Å²) >= 11 is 11.3. The highest BCUT2D eigenvalue weighted by molar-refractivity contribution is 9.10. The summed E-state index contributed by atoms with van der Waals surface area (Å²) in [7, 11) is 0. The van der Waals surface area contributed by atoms with Gasteiger partial charge in [-0.05, 0) is 48.5 Å². The van der Waals surface area contributed by atoms with Crippen molar-refractivity contribution in [2.24, 2.45) is 0 Å². The minimum Gasteiger partial charge on any atom is -0.383 e. The van der Waals surface area contributed by atoms with Crippen molar-refractivity contribution in [3.8, 4) is 0 Å². The molecule has 1 unspecified atom stereocenters. The van der Waals surface area contributed by atoms with Crippen LogP contribution < -0.4 is 21.5 Å². The molecule has 0 saturated carbocycles. The van der Waals surface area contributed by atoms with Gasteiger partial charge in [0.1, 0.15) is 4.70 Å². The van der Waals surface area contributed by atoms with Crippen molar-refractivity contribution < 1.29 is 0 Å². The van der Waals surface area contributed by atoms with E-state index in [2.05, 4.69) is 47.9 Å². The number of aromatic nitrogens is 2. The number of nitrogens with one attached hydrogen (secondary N) is 4. The fourth-order valence-corrected chi connectivity index (χ4v) is 4.92. The molecule has 0 bridgehead atoms. The maximum absolute atomic E-state index is 12.0. The lowest BCUT2D eigenvalue weighted by atomic mass is 9.98. The van der Waals surface area contributed by atoms with Gasteiger partial charge in [-0.25, -0.2) is 4.98 Å². The minimum atomic E-state index is -0.0932. The third kappa shape index (κ3) is 4.13. The zero-order valence-electron chi connectivity index (χ0n) is 14.4. The van der Waals surface area contributed by atoms with Crippen molar-refractivity contribution in [1.29, 1.82) is 0 Å². The van der Waals surface area contributed by atoms with E-state index in [0.717, 1.165) is 53.2 Å². The van der Waals surface area contributed by atoms with Crippen LogP contribution in [0.5, 0.6) is 0 Å². The second-order valence-electron chi connectivity index (χ2n) is 6.40. The Labute approximate surface area is 173 Å². The summed E-state index contributed by atoms with van der Waals surface area (Å²) in [5.41, 5.74) is 2.86. The highest BCUT2D eigenvalue weighted by Crippen LogP contribution is 2.37. The van der Waals surface area contributed by atoms with Gasteiger partial charge in [-0.15, -0.1) is 11.3 Å². The number of aromatic amines is 1. The number of benzene rings is 1. The predicted molar refractivity (Wildman–Crippen MR) is 116 cm³/mol. The zero-order chi connectivity index (χ0) is 18.8. The average molecular weight is 469 g/mol. The summed E-state index contributed by atoms with van der Waals surface area (Å²) in [5.74, 6) is 0.522. The summed E-state index contributed by atoms with van der Waals surface area (Å²) in [6.07, 6.45) is 1.92. The van der Waals surface area contributed by atoms with Crippen LogP contribution >= 0.6 is 38.9 Å². The topological polar surface area (TPSA) is 81.8 Å². The number of hydrogen-bond donors (Lipinski definition) is 4. The summed E-state index contributed by atoms with van der Waals surface area (Å²) in [6.45, 7) is 2.48. The smallest absolute Gasteiger partial charge is 0.270 e. The predicted octanol–water partition coefficient (Wildman–Crippen LogP) is 4.35. The fourth-order valence-electron chi connectivity index (χ4n) is 3.29. The average Bonchev–Trinajstić information content (AvgIpc) is 3.11. The first-order chi connectivity index (χ1) is 13.1. The highest BCUT2D eigenvalue weighted by Gasteiger charge is 2.21. The standard InChI is InChI=1S/C18H19BrClN5OS/c19-10-8-11-13(2-6-22-15(11)12(20)9-10)21-4-1-5-23-18-24-14-3-7-27-16(14)17(26)25-18/h3,7-9,13,21-22H,1-2,4-6H2,(H2,23,24,25,26). The quantitative estimate of drug-likeness (QED) is 0.404. The molecule has 4 N–H and O–H groups in total. The van der Waals surface area contributed by atoms with Crippen molar-refractivity contribution >= 4 is 60.7 Å². The van der Waals surface area contributed by atoms with Gasteiger partial charge < -0.3 is 16.0 Å². The first kappa shape index (κ1) is 18.7. The minimum absolute atomic E-state index is 0.0932. The van der Waals surface area contributed by atoms with Crippen molar-refractivity contribution in [3.63, 3.8) is 0 Å². The number of nitrogens with zero attached hydrogens (tertiary/aromatic N) is 1. The molecule has 0 saturated heterocycles. The maximum Gasteiger partial charge on any atom is 0.270 e. The molecule has 0 spiro atoms. The number of fused-ring (bicyclic) bond motifs is 2. The van der Waals surface area contributed by atoms with Crippen LogP contribution in [0, 0.1) is 0 Å². The fraction of sp³-hybridized carbons (Fsp3) is 0.333. The van der Waals surface area contributed by atoms with Gasteiger partial charge in [0.05, 0.1) is 16.2 Å². The van der Waals surface area contributed by atoms with Crippen LogP contribution in [0.15, 0.2) is 32.8 Å². The van der Waals surface area contributed by atoms with Gasteiger partial charge in [0, 0.05) is 23.6 Å². The van der Waals surface area contributed by atoms with Crippen LogP contribution in [0.4, 0.5) is 11.6 Å². The monoisotopic (exact) mass is 467 g/mol. The molecule has 1 aliphatic heterocycles. The van der Waals surface area contributed by atoms with E-state index in [1.54, 1.807) is 0 Å². The lowest BCUT2D eigenvalue weighted by Crippen LogP contribution is -2.30. The van der Waals surface area contributed by atoms with E-state index in [4.69, 9.17) is 11.6 Å². The molecule has 0 aliphatic carbocycles. The van der Waals surface area contributed by atoms with Crippen LogP contribution in [-0.2, 0) is 0 Å². The van der Waals surface area contributed by atoms with Crippen molar-refractivity contribution in [2.75, 3.05) is 30.3 Å². The number of halogens is 2. The molecular weight excluding hydrogens is 450 g/mol. The molecule has 0 amide bonds. The summed E-state index contributed by atoms with van der Waals surface area (Å²) in [5, 5.41) is 12.8. The Kier molecular flexibility index (Phi) is 5.68. The number of thiophene rings is 1. The third-order valence-corrected chi connectivity index (χ3v) is 6.21. The van der Waals surface area contributed by atoms with E-state index < -0.39 is 0 Å². The molecule has 1 atom stereocenters. The third-order valence-electron chi connectivity index (χ3n) is 4.55. The molecule has 1 aliphatic rings. The second kappa shape index (κ2) is 8.18. The second-order valence-corrected chi connectivity index (χ2v) is 8.64. The highest BCUT2D eigenvalue weighted by atomic mass is 79.9. The first-order valence-corrected chi connectivity index (χ1v) is 10.8. The number of rotatable bonds is 6. The molecule has 3 heterocycles. The van der Waals surface area contributed by atoms with Crippen LogP contribution in [0.3, 0.4) is 0 Å². The molecule has 4 rings (SSSR count). The molecule has 1 aromatic carbocycles. The van der Waals surface area contributed by atoms with E-state index in [0.29, 0.717) is 10.6 Å². The lowest BCUT2D eigenvalue weighted by Gasteiger charge is -2.28. The molecule has 9 heteroatoms. The molecule has 142 valence electrons. The summed E-state index contributed by atoms with van der Waals surface area (Å²) < 4.78 is 1.65. The van der Waals surface area contributed by atoms with Crippen LogP contribution in [0.1, 0.15) is 24.4 Å². The zero-order valence-corrected chi connectivity index (χ0v) is 17.6. The summed E-state index contributed by atoms with van der Waals surface area (Å²) in [6, 6.07) is 6.17. The Morgan fingerprint density at radius 1 is 1.37 bits per heavy atom. The first-order valence-electron chi connectivity index (χ1n) is 8.79.